The molecule has 1 aliphatic rings. The highest BCUT2D eigenvalue weighted by atomic mass is 35.5. The summed E-state index contributed by atoms with van der Waals surface area (Å²) in [7, 11) is 0. The molecule has 3 aromatic rings. The predicted octanol–water partition coefficient (Wildman–Crippen LogP) is 4.78. The summed E-state index contributed by atoms with van der Waals surface area (Å²) in [6.07, 6.45) is 0.651. The largest absolute Gasteiger partial charge is 0.508 e. The molecule has 148 valence electrons. The maximum absolute atomic E-state index is 13.3. The average molecular weight is 412 g/mol. The maximum atomic E-state index is 13.3. The molecule has 6 nitrogen and oxygen atoms in total. The number of ketones is 1. The molecule has 1 aliphatic heterocycles. The van der Waals surface area contributed by atoms with Crippen LogP contribution in [-0.4, -0.2) is 33.3 Å². The van der Waals surface area contributed by atoms with Crippen LogP contribution in [0.5, 0.6) is 5.75 Å². The molecule has 1 aromatic heterocycles. The number of hydrogen-bond donors (Lipinski definition) is 2. The van der Waals surface area contributed by atoms with E-state index in [1.54, 1.807) is 36.4 Å². The Morgan fingerprint density at radius 2 is 1.86 bits per heavy atom. The first-order valence-corrected chi connectivity index (χ1v) is 9.55. The van der Waals surface area contributed by atoms with Crippen LogP contribution < -0.4 is 0 Å². The van der Waals surface area contributed by atoms with Crippen LogP contribution in [-0.2, 0) is 4.79 Å². The Bertz CT molecular complexity index is 1150. The van der Waals surface area contributed by atoms with Gasteiger partial charge in [-0.3, -0.25) is 9.59 Å². The topological polar surface area (TPSA) is 91.0 Å². The molecule has 0 bridgehead atoms. The molecule has 2 aromatic carbocycles. The SMILES string of the molecule is CCCN1C(=O)C(O)=C(C(=O)c2cc3cc(Cl)ccc3o2)C1c1ccc(O)cc1. The van der Waals surface area contributed by atoms with E-state index in [1.807, 2.05) is 6.92 Å². The molecule has 0 spiro atoms. The monoisotopic (exact) mass is 411 g/mol. The van der Waals surface area contributed by atoms with E-state index >= 15 is 0 Å². The predicted molar refractivity (Wildman–Crippen MR) is 108 cm³/mol. The van der Waals surface area contributed by atoms with Crippen molar-refractivity contribution in [3.8, 4) is 5.75 Å². The zero-order valence-electron chi connectivity index (χ0n) is 15.6. The van der Waals surface area contributed by atoms with E-state index in [2.05, 4.69) is 0 Å². The molecule has 0 radical (unpaired) electrons. The number of carbonyl (C=O) groups excluding carboxylic acids is 2. The molecule has 0 fully saturated rings. The number of aliphatic hydroxyl groups is 1. The van der Waals surface area contributed by atoms with Crippen LogP contribution in [0.4, 0.5) is 0 Å². The van der Waals surface area contributed by atoms with Gasteiger partial charge in [0.2, 0.25) is 5.78 Å². The summed E-state index contributed by atoms with van der Waals surface area (Å²) in [6, 6.07) is 12.0. The van der Waals surface area contributed by atoms with Crippen molar-refractivity contribution in [2.75, 3.05) is 6.54 Å². The van der Waals surface area contributed by atoms with Gasteiger partial charge in [-0.1, -0.05) is 30.7 Å². The third-order valence-corrected chi connectivity index (χ3v) is 5.16. The van der Waals surface area contributed by atoms with Crippen molar-refractivity contribution in [1.29, 1.82) is 0 Å². The molecule has 2 heterocycles. The first-order chi connectivity index (χ1) is 13.9. The quantitative estimate of drug-likeness (QED) is 0.589. The summed E-state index contributed by atoms with van der Waals surface area (Å²) < 4.78 is 5.66. The Kier molecular flexibility index (Phi) is 4.80. The number of nitrogens with zero attached hydrogens (tertiary/aromatic N) is 1. The molecule has 29 heavy (non-hydrogen) atoms. The number of rotatable bonds is 5. The van der Waals surface area contributed by atoms with E-state index in [1.165, 1.54) is 17.0 Å². The van der Waals surface area contributed by atoms with E-state index in [9.17, 15) is 19.8 Å². The highest BCUT2D eigenvalue weighted by Crippen LogP contribution is 2.40. The van der Waals surface area contributed by atoms with Gasteiger partial charge in [-0.05, 0) is 48.4 Å². The first kappa shape index (κ1) is 19.1. The van der Waals surface area contributed by atoms with E-state index < -0.39 is 23.5 Å². The van der Waals surface area contributed by atoms with Crippen molar-refractivity contribution in [1.82, 2.24) is 4.90 Å². The summed E-state index contributed by atoms with van der Waals surface area (Å²) >= 11 is 6.00. The number of aliphatic hydroxyl groups excluding tert-OH is 1. The Hall–Kier alpha value is -3.25. The van der Waals surface area contributed by atoms with Gasteiger partial charge in [0.25, 0.3) is 5.91 Å². The number of phenolic OH excluding ortho intramolecular Hbond substituents is 1. The molecule has 0 aliphatic carbocycles. The molecule has 1 unspecified atom stereocenters. The number of carbonyl (C=O) groups is 2. The van der Waals surface area contributed by atoms with Gasteiger partial charge in [0.1, 0.15) is 11.3 Å². The van der Waals surface area contributed by atoms with Gasteiger partial charge in [-0.15, -0.1) is 0 Å². The second kappa shape index (κ2) is 7.29. The van der Waals surface area contributed by atoms with Crippen LogP contribution in [0, 0.1) is 0 Å². The molecule has 1 amide bonds. The van der Waals surface area contributed by atoms with Crippen molar-refractivity contribution in [2.45, 2.75) is 19.4 Å². The van der Waals surface area contributed by atoms with Gasteiger partial charge < -0.3 is 19.5 Å². The van der Waals surface area contributed by atoms with E-state index in [-0.39, 0.29) is 17.1 Å². The van der Waals surface area contributed by atoms with Gasteiger partial charge in [-0.25, -0.2) is 0 Å². The second-order valence-electron chi connectivity index (χ2n) is 6.88. The van der Waals surface area contributed by atoms with E-state index in [0.717, 1.165) is 0 Å². The number of furan rings is 1. The van der Waals surface area contributed by atoms with Crippen molar-refractivity contribution >= 4 is 34.3 Å². The van der Waals surface area contributed by atoms with Crippen LogP contribution in [0.3, 0.4) is 0 Å². The lowest BCUT2D eigenvalue weighted by atomic mass is 9.95. The van der Waals surface area contributed by atoms with Crippen molar-refractivity contribution < 1.29 is 24.2 Å². The highest BCUT2D eigenvalue weighted by molar-refractivity contribution is 6.31. The molecule has 7 heteroatoms. The first-order valence-electron chi connectivity index (χ1n) is 9.17. The Morgan fingerprint density at radius 1 is 1.14 bits per heavy atom. The van der Waals surface area contributed by atoms with Crippen LogP contribution in [0.25, 0.3) is 11.0 Å². The fourth-order valence-corrected chi connectivity index (χ4v) is 3.80. The van der Waals surface area contributed by atoms with Crippen LogP contribution in [0.15, 0.2) is 64.3 Å². The smallest absolute Gasteiger partial charge is 0.290 e. The molecule has 0 saturated carbocycles. The minimum absolute atomic E-state index is 0.0127. The number of benzene rings is 2. The van der Waals surface area contributed by atoms with Crippen LogP contribution in [0.2, 0.25) is 5.02 Å². The lowest BCUT2D eigenvalue weighted by molar-refractivity contribution is -0.129. The zero-order chi connectivity index (χ0) is 20.7. The lowest BCUT2D eigenvalue weighted by Gasteiger charge is -2.26. The Morgan fingerprint density at radius 3 is 2.55 bits per heavy atom. The molecule has 2 N–H and O–H groups in total. The van der Waals surface area contributed by atoms with Gasteiger partial charge >= 0.3 is 0 Å². The third-order valence-electron chi connectivity index (χ3n) is 4.92. The standard InChI is InChI=1S/C22H18ClNO5/c1-2-9-24-19(12-3-6-15(25)7-4-12)18(21(27)22(24)28)20(26)17-11-13-10-14(23)5-8-16(13)29-17/h3-8,10-11,19,25,27H,2,9H2,1H3. The third kappa shape index (κ3) is 3.25. The molecular weight excluding hydrogens is 394 g/mol. The summed E-state index contributed by atoms with van der Waals surface area (Å²) in [6.45, 7) is 2.27. The number of fused-ring (bicyclic) bond motifs is 1. The molecular formula is C22H18ClNO5. The summed E-state index contributed by atoms with van der Waals surface area (Å²) in [4.78, 5) is 27.4. The molecule has 0 saturated heterocycles. The van der Waals surface area contributed by atoms with E-state index in [4.69, 9.17) is 16.0 Å². The minimum Gasteiger partial charge on any atom is -0.508 e. The van der Waals surface area contributed by atoms with Crippen LogP contribution in [0.1, 0.15) is 35.5 Å². The second-order valence-corrected chi connectivity index (χ2v) is 7.31. The van der Waals surface area contributed by atoms with Crippen molar-refractivity contribution in [3.63, 3.8) is 0 Å². The number of aromatic hydroxyl groups is 1. The summed E-state index contributed by atoms with van der Waals surface area (Å²) in [5, 5.41) is 21.3. The number of amides is 1. The average Bonchev–Trinajstić information content (AvgIpc) is 3.22. The normalized spacial score (nSPS) is 16.8. The molecule has 1 atom stereocenters. The fraction of sp³-hybridized carbons (Fsp3) is 0.182. The van der Waals surface area contributed by atoms with Crippen molar-refractivity contribution in [2.24, 2.45) is 0 Å². The van der Waals surface area contributed by atoms with Gasteiger partial charge in [0, 0.05) is 17.0 Å². The summed E-state index contributed by atoms with van der Waals surface area (Å²) in [5.74, 6) is -1.68. The van der Waals surface area contributed by atoms with Crippen LogP contribution >= 0.6 is 11.6 Å². The van der Waals surface area contributed by atoms with E-state index in [0.29, 0.717) is 34.5 Å². The number of Topliss-reactive ketones (excluding diaryl/α,β-unsaturated/α-hetero) is 1. The lowest BCUT2D eigenvalue weighted by Crippen LogP contribution is -2.31. The van der Waals surface area contributed by atoms with Gasteiger partial charge in [0.15, 0.2) is 11.5 Å². The fourth-order valence-electron chi connectivity index (χ4n) is 3.62. The highest BCUT2D eigenvalue weighted by Gasteiger charge is 2.44. The Balaban J connectivity index is 1.81. The van der Waals surface area contributed by atoms with Crippen molar-refractivity contribution in [3.05, 3.63) is 76.2 Å². The molecule has 4 rings (SSSR count). The Labute approximate surface area is 171 Å². The number of halogens is 1. The van der Waals surface area contributed by atoms with Gasteiger partial charge in [-0.2, -0.15) is 0 Å². The zero-order valence-corrected chi connectivity index (χ0v) is 16.3. The number of phenols is 1. The minimum atomic E-state index is -0.771. The summed E-state index contributed by atoms with van der Waals surface area (Å²) in [5.41, 5.74) is 1.05. The maximum Gasteiger partial charge on any atom is 0.290 e. The number of hydrogen-bond acceptors (Lipinski definition) is 5. The van der Waals surface area contributed by atoms with Gasteiger partial charge in [0.05, 0.1) is 11.6 Å².